The van der Waals surface area contributed by atoms with Crippen LogP contribution in [0.4, 0.5) is 0 Å². The molecule has 0 aliphatic carbocycles. The number of nitrogens with one attached hydrogen (secondary N) is 1. The van der Waals surface area contributed by atoms with Gasteiger partial charge in [0, 0.05) is 38.7 Å². The van der Waals surface area contributed by atoms with Crippen LogP contribution in [0.2, 0.25) is 0 Å². The standard InChI is InChI=1S/C12H21N3O2/c1-8(12-9(2)14-17-10(12)3)13-7-6-11(16)15(4)5/h8,13H,6-7H2,1-5H3. The second-order valence-electron chi connectivity index (χ2n) is 4.45. The van der Waals surface area contributed by atoms with Crippen LogP contribution in [0.5, 0.6) is 0 Å². The minimum Gasteiger partial charge on any atom is -0.361 e. The van der Waals surface area contributed by atoms with Gasteiger partial charge in [-0.3, -0.25) is 4.79 Å². The third-order valence-corrected chi connectivity index (χ3v) is 2.81. The number of aryl methyl sites for hydroxylation is 2. The van der Waals surface area contributed by atoms with Crippen LogP contribution in [0, 0.1) is 13.8 Å². The van der Waals surface area contributed by atoms with Crippen LogP contribution < -0.4 is 5.32 Å². The molecule has 0 aromatic carbocycles. The SMILES string of the molecule is Cc1noc(C)c1C(C)NCCC(=O)N(C)C. The third kappa shape index (κ3) is 3.56. The molecule has 0 fully saturated rings. The van der Waals surface area contributed by atoms with Gasteiger partial charge in [-0.25, -0.2) is 0 Å². The number of carbonyl (C=O) groups is 1. The maximum Gasteiger partial charge on any atom is 0.223 e. The van der Waals surface area contributed by atoms with Gasteiger partial charge in [-0.1, -0.05) is 5.16 Å². The Hall–Kier alpha value is -1.36. The number of aromatic nitrogens is 1. The van der Waals surface area contributed by atoms with Crippen LogP contribution in [0.15, 0.2) is 4.52 Å². The molecule has 1 heterocycles. The predicted octanol–water partition coefficient (Wildman–Crippen LogP) is 1.42. The van der Waals surface area contributed by atoms with Crippen LogP contribution in [0.3, 0.4) is 0 Å². The molecular weight excluding hydrogens is 218 g/mol. The fourth-order valence-corrected chi connectivity index (χ4v) is 1.83. The molecule has 0 radical (unpaired) electrons. The van der Waals surface area contributed by atoms with E-state index in [2.05, 4.69) is 10.5 Å². The van der Waals surface area contributed by atoms with Gasteiger partial charge in [0.1, 0.15) is 5.76 Å². The first-order chi connectivity index (χ1) is 7.93. The van der Waals surface area contributed by atoms with E-state index in [0.29, 0.717) is 13.0 Å². The second-order valence-corrected chi connectivity index (χ2v) is 4.45. The molecule has 1 aromatic rings. The smallest absolute Gasteiger partial charge is 0.223 e. The Labute approximate surface area is 102 Å². The summed E-state index contributed by atoms with van der Waals surface area (Å²) in [6, 6.07) is 0.149. The lowest BCUT2D eigenvalue weighted by atomic mass is 10.1. The van der Waals surface area contributed by atoms with E-state index in [4.69, 9.17) is 4.52 Å². The van der Waals surface area contributed by atoms with Crippen molar-refractivity contribution in [3.05, 3.63) is 17.0 Å². The van der Waals surface area contributed by atoms with Crippen LogP contribution in [-0.2, 0) is 4.79 Å². The first kappa shape index (κ1) is 13.7. The third-order valence-electron chi connectivity index (χ3n) is 2.81. The van der Waals surface area contributed by atoms with Crippen molar-refractivity contribution in [2.75, 3.05) is 20.6 Å². The first-order valence-corrected chi connectivity index (χ1v) is 5.79. The molecule has 1 rings (SSSR count). The van der Waals surface area contributed by atoms with Crippen LogP contribution in [0.25, 0.3) is 0 Å². The van der Waals surface area contributed by atoms with Gasteiger partial charge in [0.25, 0.3) is 0 Å². The number of carbonyl (C=O) groups excluding carboxylic acids is 1. The summed E-state index contributed by atoms with van der Waals surface area (Å²) in [5.41, 5.74) is 1.99. The van der Waals surface area contributed by atoms with Crippen molar-refractivity contribution in [2.45, 2.75) is 33.2 Å². The van der Waals surface area contributed by atoms with Gasteiger partial charge in [0.15, 0.2) is 0 Å². The molecule has 0 saturated carbocycles. The van der Waals surface area contributed by atoms with Gasteiger partial charge in [-0.15, -0.1) is 0 Å². The fourth-order valence-electron chi connectivity index (χ4n) is 1.83. The molecule has 1 atom stereocenters. The molecule has 1 aromatic heterocycles. The van der Waals surface area contributed by atoms with E-state index in [-0.39, 0.29) is 11.9 Å². The Kier molecular flexibility index (Phi) is 4.69. The molecule has 96 valence electrons. The molecule has 0 aliphatic heterocycles. The highest BCUT2D eigenvalue weighted by atomic mass is 16.5. The van der Waals surface area contributed by atoms with Gasteiger partial charge < -0.3 is 14.7 Å². The molecule has 1 amide bonds. The Morgan fingerprint density at radius 2 is 2.12 bits per heavy atom. The maximum absolute atomic E-state index is 11.4. The summed E-state index contributed by atoms with van der Waals surface area (Å²) in [5.74, 6) is 0.963. The summed E-state index contributed by atoms with van der Waals surface area (Å²) >= 11 is 0. The highest BCUT2D eigenvalue weighted by molar-refractivity contribution is 5.75. The number of nitrogens with zero attached hydrogens (tertiary/aromatic N) is 2. The van der Waals surface area contributed by atoms with Gasteiger partial charge in [-0.2, -0.15) is 0 Å². The fraction of sp³-hybridized carbons (Fsp3) is 0.667. The molecule has 5 heteroatoms. The summed E-state index contributed by atoms with van der Waals surface area (Å²) in [6.07, 6.45) is 0.501. The van der Waals surface area contributed by atoms with Crippen molar-refractivity contribution in [3.8, 4) is 0 Å². The van der Waals surface area contributed by atoms with Crippen LogP contribution >= 0.6 is 0 Å². The zero-order valence-electron chi connectivity index (χ0n) is 11.2. The predicted molar refractivity (Wildman–Crippen MR) is 65.7 cm³/mol. The average molecular weight is 239 g/mol. The number of hydrogen-bond donors (Lipinski definition) is 1. The summed E-state index contributed by atoms with van der Waals surface area (Å²) in [5, 5.41) is 7.22. The monoisotopic (exact) mass is 239 g/mol. The molecule has 0 saturated heterocycles. The van der Waals surface area contributed by atoms with Crippen molar-refractivity contribution in [3.63, 3.8) is 0 Å². The van der Waals surface area contributed by atoms with Gasteiger partial charge in [0.2, 0.25) is 5.91 Å². The lowest BCUT2D eigenvalue weighted by Gasteiger charge is -2.15. The summed E-state index contributed by atoms with van der Waals surface area (Å²) in [4.78, 5) is 13.0. The van der Waals surface area contributed by atoms with Gasteiger partial charge in [0.05, 0.1) is 5.69 Å². The molecular formula is C12H21N3O2. The van der Waals surface area contributed by atoms with E-state index in [0.717, 1.165) is 17.0 Å². The van der Waals surface area contributed by atoms with Crippen LogP contribution in [0.1, 0.15) is 36.4 Å². The Morgan fingerprint density at radius 3 is 2.59 bits per heavy atom. The average Bonchev–Trinajstić information content (AvgIpc) is 2.58. The zero-order chi connectivity index (χ0) is 13.0. The Bertz CT molecular complexity index is 366. The maximum atomic E-state index is 11.4. The minimum atomic E-state index is 0.128. The highest BCUT2D eigenvalue weighted by Crippen LogP contribution is 2.20. The molecule has 1 N–H and O–H groups in total. The minimum absolute atomic E-state index is 0.128. The van der Waals surface area contributed by atoms with Gasteiger partial charge in [-0.05, 0) is 20.8 Å². The van der Waals surface area contributed by atoms with Crippen molar-refractivity contribution in [2.24, 2.45) is 0 Å². The largest absolute Gasteiger partial charge is 0.361 e. The molecule has 0 aliphatic rings. The van der Waals surface area contributed by atoms with Crippen molar-refractivity contribution in [1.29, 1.82) is 0 Å². The molecule has 0 spiro atoms. The van der Waals surface area contributed by atoms with E-state index in [9.17, 15) is 4.79 Å². The Balaban J connectivity index is 2.46. The molecule has 0 bridgehead atoms. The van der Waals surface area contributed by atoms with E-state index in [1.807, 2.05) is 20.8 Å². The number of amides is 1. The highest BCUT2D eigenvalue weighted by Gasteiger charge is 2.16. The van der Waals surface area contributed by atoms with E-state index < -0.39 is 0 Å². The lowest BCUT2D eigenvalue weighted by Crippen LogP contribution is -2.28. The van der Waals surface area contributed by atoms with Crippen molar-refractivity contribution in [1.82, 2.24) is 15.4 Å². The Morgan fingerprint density at radius 1 is 1.47 bits per heavy atom. The first-order valence-electron chi connectivity index (χ1n) is 5.79. The van der Waals surface area contributed by atoms with Crippen molar-refractivity contribution < 1.29 is 9.32 Å². The summed E-state index contributed by atoms with van der Waals surface area (Å²) in [7, 11) is 3.53. The lowest BCUT2D eigenvalue weighted by molar-refractivity contribution is -0.128. The second kappa shape index (κ2) is 5.82. The molecule has 5 nitrogen and oxygen atoms in total. The summed E-state index contributed by atoms with van der Waals surface area (Å²) in [6.45, 7) is 6.53. The van der Waals surface area contributed by atoms with E-state index in [1.54, 1.807) is 19.0 Å². The van der Waals surface area contributed by atoms with Crippen LogP contribution in [-0.4, -0.2) is 36.6 Å². The normalized spacial score (nSPS) is 12.5. The quantitative estimate of drug-likeness (QED) is 0.844. The topological polar surface area (TPSA) is 58.4 Å². The van der Waals surface area contributed by atoms with E-state index in [1.165, 1.54) is 0 Å². The molecule has 17 heavy (non-hydrogen) atoms. The number of hydrogen-bond acceptors (Lipinski definition) is 4. The number of rotatable bonds is 5. The van der Waals surface area contributed by atoms with E-state index >= 15 is 0 Å². The zero-order valence-corrected chi connectivity index (χ0v) is 11.2. The molecule has 1 unspecified atom stereocenters. The van der Waals surface area contributed by atoms with Gasteiger partial charge >= 0.3 is 0 Å². The summed E-state index contributed by atoms with van der Waals surface area (Å²) < 4.78 is 5.12. The van der Waals surface area contributed by atoms with Crippen molar-refractivity contribution >= 4 is 5.91 Å².